The maximum absolute atomic E-state index is 13.8. The van der Waals surface area contributed by atoms with Crippen LogP contribution in [0.5, 0.6) is 0 Å². The lowest BCUT2D eigenvalue weighted by Crippen LogP contribution is -2.67. The van der Waals surface area contributed by atoms with Gasteiger partial charge in [0.2, 0.25) is 0 Å². The molecule has 0 unspecified atom stereocenters. The molecule has 0 spiro atoms. The van der Waals surface area contributed by atoms with E-state index in [2.05, 4.69) is 45.0 Å². The van der Waals surface area contributed by atoms with Crippen molar-refractivity contribution in [3.8, 4) is 0 Å². The first-order valence-electron chi connectivity index (χ1n) is 19.4. The third-order valence-electron chi connectivity index (χ3n) is 10.3. The van der Waals surface area contributed by atoms with Gasteiger partial charge in [-0.2, -0.15) is 0 Å². The van der Waals surface area contributed by atoms with Gasteiger partial charge in [0.05, 0.1) is 40.1 Å². The Bertz CT molecular complexity index is 1870. The van der Waals surface area contributed by atoms with E-state index in [1.54, 1.807) is 0 Å². The number of aliphatic hydroxyl groups excluding tert-OH is 1. The third kappa shape index (κ3) is 10.5. The highest BCUT2D eigenvalue weighted by Crippen LogP contribution is 2.37. The Morgan fingerprint density at radius 1 is 0.632 bits per heavy atom. The maximum Gasteiger partial charge on any atom is 0.337 e. The molecule has 6 rings (SSSR count). The Hall–Kier alpha value is -4.49. The Morgan fingerprint density at radius 2 is 1.04 bits per heavy atom. The van der Waals surface area contributed by atoms with Gasteiger partial charge in [-0.25, -0.2) is 4.79 Å². The number of benzene rings is 5. The van der Waals surface area contributed by atoms with E-state index in [4.69, 9.17) is 32.8 Å². The van der Waals surface area contributed by atoms with Gasteiger partial charge in [-0.05, 0) is 32.1 Å². The van der Waals surface area contributed by atoms with E-state index in [0.29, 0.717) is 0 Å². The normalized spacial score (nSPS) is 20.5. The van der Waals surface area contributed by atoms with Crippen LogP contribution in [-0.2, 0) is 57.5 Å². The number of hydrogen-bond donors (Lipinski definition) is 1. The number of carbonyl (C=O) groups is 1. The number of rotatable bonds is 18. The number of methoxy groups -OCH3 is 1. The van der Waals surface area contributed by atoms with E-state index in [9.17, 15) is 9.90 Å². The Kier molecular flexibility index (Phi) is 15.0. The summed E-state index contributed by atoms with van der Waals surface area (Å²) >= 11 is 0. The highest BCUT2D eigenvalue weighted by molar-refractivity contribution is 6.99. The molecular weight excluding hydrogens is 737 g/mol. The molecule has 1 aliphatic rings. The zero-order chi connectivity index (χ0) is 40.1. The van der Waals surface area contributed by atoms with Gasteiger partial charge in [0.25, 0.3) is 8.32 Å². The summed E-state index contributed by atoms with van der Waals surface area (Å²) in [5, 5.41) is 12.6. The largest absolute Gasteiger partial charge is 0.467 e. The highest BCUT2D eigenvalue weighted by atomic mass is 28.4. The van der Waals surface area contributed by atoms with Gasteiger partial charge in [0.1, 0.15) is 24.4 Å². The number of hydrogen-bond acceptors (Lipinski definition) is 9. The molecule has 0 aliphatic carbocycles. The maximum atomic E-state index is 13.8. The molecule has 1 heterocycles. The van der Waals surface area contributed by atoms with Gasteiger partial charge < -0.3 is 38.0 Å². The molecule has 6 atom stereocenters. The Labute approximate surface area is 337 Å². The summed E-state index contributed by atoms with van der Waals surface area (Å²) < 4.78 is 45.7. The lowest BCUT2D eigenvalue weighted by molar-refractivity contribution is -0.334. The molecule has 5 aromatic carbocycles. The first-order chi connectivity index (χ1) is 27.7. The molecule has 0 saturated carbocycles. The van der Waals surface area contributed by atoms with Crippen molar-refractivity contribution >= 4 is 24.7 Å². The Morgan fingerprint density at radius 3 is 1.44 bits per heavy atom. The molecule has 0 aromatic heterocycles. The molecule has 0 amide bonds. The van der Waals surface area contributed by atoms with Crippen molar-refractivity contribution < 1.29 is 42.7 Å². The van der Waals surface area contributed by atoms with Gasteiger partial charge in [-0.3, -0.25) is 0 Å². The number of aliphatic hydroxyl groups is 1. The molecule has 0 radical (unpaired) electrons. The predicted molar refractivity (Wildman–Crippen MR) is 221 cm³/mol. The fourth-order valence-electron chi connectivity index (χ4n) is 7.42. The lowest BCUT2D eigenvalue weighted by atomic mass is 9.97. The number of ether oxygens (including phenoxy) is 6. The van der Waals surface area contributed by atoms with Gasteiger partial charge in [0.15, 0.2) is 12.4 Å². The van der Waals surface area contributed by atoms with Crippen molar-refractivity contribution in [1.82, 2.24) is 0 Å². The van der Waals surface area contributed by atoms with E-state index in [1.807, 2.05) is 127 Å². The quantitative estimate of drug-likeness (QED) is 0.0778. The monoisotopic (exact) mass is 790 g/mol. The summed E-state index contributed by atoms with van der Waals surface area (Å²) in [5.74, 6) is -0.636. The van der Waals surface area contributed by atoms with Crippen molar-refractivity contribution in [3.05, 3.63) is 168 Å². The van der Waals surface area contributed by atoms with E-state index in [-0.39, 0.29) is 31.5 Å². The molecule has 1 aliphatic heterocycles. The van der Waals surface area contributed by atoms with Crippen molar-refractivity contribution in [2.24, 2.45) is 0 Å². The highest BCUT2D eigenvalue weighted by Gasteiger charge is 2.53. The second kappa shape index (κ2) is 20.3. The average Bonchev–Trinajstić information content (AvgIpc) is 3.25. The summed E-state index contributed by atoms with van der Waals surface area (Å²) in [6.07, 6.45) is -5.83. The first kappa shape index (κ1) is 42.1. The van der Waals surface area contributed by atoms with Crippen LogP contribution in [0.1, 0.15) is 37.5 Å². The van der Waals surface area contributed by atoms with Gasteiger partial charge in [-0.1, -0.05) is 172 Å². The topological polar surface area (TPSA) is 102 Å². The van der Waals surface area contributed by atoms with Crippen LogP contribution in [0.25, 0.3) is 0 Å². The summed E-state index contributed by atoms with van der Waals surface area (Å²) in [6.45, 7) is 6.62. The van der Waals surface area contributed by atoms with Gasteiger partial charge >= 0.3 is 5.97 Å². The van der Waals surface area contributed by atoms with Gasteiger partial charge in [-0.15, -0.1) is 0 Å². The van der Waals surface area contributed by atoms with Crippen LogP contribution >= 0.6 is 0 Å². The Balaban J connectivity index is 1.36. The molecule has 0 bridgehead atoms. The van der Waals surface area contributed by atoms with Crippen molar-refractivity contribution in [1.29, 1.82) is 0 Å². The standard InChI is InChI=1S/C47H54O9Si/c1-47(2,3)57(38-26-16-8-17-27-38,39-28-18-9-19-29-39)54-34-41(45(49)50-4)56-46-44(53-33-37-24-14-7-15-25-37)43(52-32-36-22-12-6-13-23-36)42(40(30-48)55-46)51-31-35-20-10-5-11-21-35/h5-29,40-44,46,48H,30-34H2,1-4H3/t40-,41-,42-,43+,44-,46-/m1/s1. The SMILES string of the molecule is COC(=O)[C@@H](CO[Si](c1ccccc1)(c1ccccc1)C(C)(C)C)O[C@H]1O[C@H](CO)[C@@H](OCc2ccccc2)[C@H](OCc2ccccc2)[C@H]1OCc1ccccc1. The minimum absolute atomic E-state index is 0.140. The zero-order valence-corrected chi connectivity index (χ0v) is 34.1. The zero-order valence-electron chi connectivity index (χ0n) is 33.1. The van der Waals surface area contributed by atoms with Crippen LogP contribution in [-0.4, -0.2) is 76.5 Å². The molecule has 300 valence electrons. The van der Waals surface area contributed by atoms with Crippen LogP contribution in [0.3, 0.4) is 0 Å². The van der Waals surface area contributed by atoms with Crippen LogP contribution < -0.4 is 10.4 Å². The number of carbonyl (C=O) groups excluding carboxylic acids is 1. The summed E-state index contributed by atoms with van der Waals surface area (Å²) in [6, 6.07) is 49.7. The fourth-order valence-corrected chi connectivity index (χ4v) is 12.0. The molecule has 9 nitrogen and oxygen atoms in total. The van der Waals surface area contributed by atoms with Crippen LogP contribution in [0.15, 0.2) is 152 Å². The second-order valence-corrected chi connectivity index (χ2v) is 19.4. The average molecular weight is 791 g/mol. The third-order valence-corrected chi connectivity index (χ3v) is 15.3. The van der Waals surface area contributed by atoms with E-state index in [0.717, 1.165) is 27.1 Å². The predicted octanol–water partition coefficient (Wildman–Crippen LogP) is 6.59. The summed E-state index contributed by atoms with van der Waals surface area (Å²) in [4.78, 5) is 13.8. The minimum Gasteiger partial charge on any atom is -0.467 e. The summed E-state index contributed by atoms with van der Waals surface area (Å²) in [7, 11) is -1.77. The minimum atomic E-state index is -3.10. The summed E-state index contributed by atoms with van der Waals surface area (Å²) in [5.41, 5.74) is 2.81. The van der Waals surface area contributed by atoms with Crippen molar-refractivity contribution in [2.45, 2.75) is 82.4 Å². The van der Waals surface area contributed by atoms with Crippen molar-refractivity contribution in [2.75, 3.05) is 20.3 Å². The number of esters is 1. The lowest BCUT2D eigenvalue weighted by Gasteiger charge is -2.46. The molecule has 10 heteroatoms. The molecular formula is C47H54O9Si. The van der Waals surface area contributed by atoms with E-state index in [1.165, 1.54) is 7.11 Å². The first-order valence-corrected chi connectivity index (χ1v) is 21.4. The van der Waals surface area contributed by atoms with Crippen LogP contribution in [0.2, 0.25) is 5.04 Å². The van der Waals surface area contributed by atoms with Gasteiger partial charge in [0, 0.05) is 0 Å². The van der Waals surface area contributed by atoms with E-state index < -0.39 is 57.7 Å². The molecule has 1 fully saturated rings. The molecule has 57 heavy (non-hydrogen) atoms. The molecule has 1 N–H and O–H groups in total. The van der Waals surface area contributed by atoms with Crippen LogP contribution in [0.4, 0.5) is 0 Å². The van der Waals surface area contributed by atoms with Crippen LogP contribution in [0, 0.1) is 0 Å². The molecule has 5 aromatic rings. The second-order valence-electron chi connectivity index (χ2n) is 15.1. The van der Waals surface area contributed by atoms with E-state index >= 15 is 0 Å². The fraction of sp³-hybridized carbons (Fsp3) is 0.340. The van der Waals surface area contributed by atoms with Crippen molar-refractivity contribution in [3.63, 3.8) is 0 Å². The molecule has 1 saturated heterocycles. The smallest absolute Gasteiger partial charge is 0.337 e.